The van der Waals surface area contributed by atoms with Crippen molar-refractivity contribution in [2.75, 3.05) is 5.32 Å². The molecule has 0 fully saturated rings. The van der Waals surface area contributed by atoms with E-state index in [-0.39, 0.29) is 6.42 Å². The number of carbonyl (C=O) groups is 1. The topological polar surface area (TPSA) is 49.3 Å². The van der Waals surface area contributed by atoms with Gasteiger partial charge in [-0.2, -0.15) is 0 Å². The molecule has 0 bridgehead atoms. The molecule has 1 aromatic rings. The van der Waals surface area contributed by atoms with Crippen LogP contribution in [0.2, 0.25) is 0 Å². The minimum absolute atomic E-state index is 0.203. The van der Waals surface area contributed by atoms with E-state index in [0.717, 1.165) is 4.47 Å². The molecule has 1 aliphatic rings. The number of nitrogens with one attached hydrogen (secondary N) is 1. The highest BCUT2D eigenvalue weighted by molar-refractivity contribution is 9.10. The Balaban J connectivity index is 2.62. The van der Waals surface area contributed by atoms with Crippen LogP contribution in [0, 0.1) is 0 Å². The highest BCUT2D eigenvalue weighted by atomic mass is 79.9. The molecule has 78 valence electrons. The van der Waals surface area contributed by atoms with Gasteiger partial charge in [0.05, 0.1) is 0 Å². The summed E-state index contributed by atoms with van der Waals surface area (Å²) in [5.41, 5.74) is -0.245. The van der Waals surface area contributed by atoms with Crippen LogP contribution in [0.4, 0.5) is 5.69 Å². The van der Waals surface area contributed by atoms with E-state index in [0.29, 0.717) is 11.3 Å². The third-order valence-corrected chi connectivity index (χ3v) is 3.15. The molecule has 2 rings (SSSR count). The molecule has 1 atom stereocenters. The number of rotatable bonds is 2. The summed E-state index contributed by atoms with van der Waals surface area (Å²) in [7, 11) is 0. The lowest BCUT2D eigenvalue weighted by Gasteiger charge is -2.19. The molecule has 0 aromatic heterocycles. The van der Waals surface area contributed by atoms with Crippen molar-refractivity contribution in [1.29, 1.82) is 0 Å². The normalized spacial score (nSPS) is 23.5. The number of halogens is 1. The van der Waals surface area contributed by atoms with Gasteiger partial charge in [-0.1, -0.05) is 28.1 Å². The number of amides is 1. The van der Waals surface area contributed by atoms with E-state index in [1.165, 1.54) is 6.08 Å². The van der Waals surface area contributed by atoms with Crippen LogP contribution < -0.4 is 5.32 Å². The van der Waals surface area contributed by atoms with Gasteiger partial charge in [0, 0.05) is 22.1 Å². The molecule has 1 amide bonds. The summed E-state index contributed by atoms with van der Waals surface area (Å²) in [6.07, 6.45) is 1.74. The molecule has 0 saturated carbocycles. The summed E-state index contributed by atoms with van der Waals surface area (Å²) in [5.74, 6) is -0.399. The molecule has 1 aromatic carbocycles. The minimum Gasteiger partial charge on any atom is -0.375 e. The SMILES string of the molecule is C=CCC1(O)C(=O)Nc2cccc(Br)c21. The monoisotopic (exact) mass is 267 g/mol. The molecule has 0 radical (unpaired) electrons. The second kappa shape index (κ2) is 3.47. The molecule has 3 nitrogen and oxygen atoms in total. The largest absolute Gasteiger partial charge is 0.375 e. The van der Waals surface area contributed by atoms with Crippen LogP contribution in [0.1, 0.15) is 12.0 Å². The van der Waals surface area contributed by atoms with Crippen molar-refractivity contribution in [1.82, 2.24) is 0 Å². The Morgan fingerprint density at radius 1 is 1.60 bits per heavy atom. The smallest absolute Gasteiger partial charge is 0.261 e. The highest BCUT2D eigenvalue weighted by Crippen LogP contribution is 2.42. The summed E-state index contributed by atoms with van der Waals surface area (Å²) in [4.78, 5) is 11.7. The van der Waals surface area contributed by atoms with E-state index in [9.17, 15) is 9.90 Å². The Hall–Kier alpha value is -1.13. The fourth-order valence-corrected chi connectivity index (χ4v) is 2.49. The highest BCUT2D eigenvalue weighted by Gasteiger charge is 2.45. The molecular weight excluding hydrogens is 258 g/mol. The van der Waals surface area contributed by atoms with E-state index < -0.39 is 11.5 Å². The van der Waals surface area contributed by atoms with Crippen molar-refractivity contribution in [2.45, 2.75) is 12.0 Å². The van der Waals surface area contributed by atoms with Gasteiger partial charge in [0.25, 0.3) is 5.91 Å². The predicted molar refractivity (Wildman–Crippen MR) is 61.5 cm³/mol. The Kier molecular flexibility index (Phi) is 2.40. The zero-order chi connectivity index (χ0) is 11.1. The van der Waals surface area contributed by atoms with Crippen LogP contribution in [0.5, 0.6) is 0 Å². The first kappa shape index (κ1) is 10.4. The average Bonchev–Trinajstić information content (AvgIpc) is 2.41. The fourth-order valence-electron chi connectivity index (χ4n) is 1.79. The predicted octanol–water partition coefficient (Wildman–Crippen LogP) is 2.16. The quantitative estimate of drug-likeness (QED) is 0.807. The zero-order valence-electron chi connectivity index (χ0n) is 7.96. The minimum atomic E-state index is -1.49. The zero-order valence-corrected chi connectivity index (χ0v) is 9.54. The van der Waals surface area contributed by atoms with Crippen LogP contribution in [-0.4, -0.2) is 11.0 Å². The van der Waals surface area contributed by atoms with Gasteiger partial charge in [-0.25, -0.2) is 0 Å². The van der Waals surface area contributed by atoms with Gasteiger partial charge in [0.15, 0.2) is 5.60 Å². The first-order chi connectivity index (χ1) is 7.09. The van der Waals surface area contributed by atoms with Crippen molar-refractivity contribution < 1.29 is 9.90 Å². The standard InChI is InChI=1S/C11H10BrNO2/c1-2-6-11(15)9-7(12)4-3-5-8(9)13-10(11)14/h2-5,15H,1,6H2,(H,13,14). The Morgan fingerprint density at radius 2 is 2.33 bits per heavy atom. The lowest BCUT2D eigenvalue weighted by Crippen LogP contribution is -2.33. The summed E-state index contributed by atoms with van der Waals surface area (Å²) < 4.78 is 0.725. The summed E-state index contributed by atoms with van der Waals surface area (Å²) >= 11 is 3.33. The number of carbonyl (C=O) groups excluding carboxylic acids is 1. The van der Waals surface area contributed by atoms with Gasteiger partial charge in [-0.15, -0.1) is 6.58 Å². The third kappa shape index (κ3) is 1.41. The van der Waals surface area contributed by atoms with E-state index in [2.05, 4.69) is 27.8 Å². The fraction of sp³-hybridized carbons (Fsp3) is 0.182. The van der Waals surface area contributed by atoms with Gasteiger partial charge in [-0.3, -0.25) is 4.79 Å². The van der Waals surface area contributed by atoms with E-state index in [4.69, 9.17) is 0 Å². The molecule has 2 N–H and O–H groups in total. The van der Waals surface area contributed by atoms with Crippen LogP contribution in [0.3, 0.4) is 0 Å². The third-order valence-electron chi connectivity index (χ3n) is 2.49. The van der Waals surface area contributed by atoms with Crippen molar-refractivity contribution in [2.24, 2.45) is 0 Å². The van der Waals surface area contributed by atoms with Crippen LogP contribution in [0.15, 0.2) is 35.3 Å². The first-order valence-corrected chi connectivity index (χ1v) is 5.32. The molecule has 1 unspecified atom stereocenters. The van der Waals surface area contributed by atoms with E-state index >= 15 is 0 Å². The Bertz CT molecular complexity index is 444. The Labute approximate surface area is 95.9 Å². The molecular formula is C11H10BrNO2. The maximum absolute atomic E-state index is 11.7. The number of hydrogen-bond acceptors (Lipinski definition) is 2. The first-order valence-electron chi connectivity index (χ1n) is 4.53. The number of anilines is 1. The Morgan fingerprint density at radius 3 is 3.00 bits per heavy atom. The molecule has 4 heteroatoms. The van der Waals surface area contributed by atoms with Crippen molar-refractivity contribution in [3.8, 4) is 0 Å². The summed E-state index contributed by atoms with van der Waals surface area (Å²) in [5, 5.41) is 12.9. The number of fused-ring (bicyclic) bond motifs is 1. The number of aliphatic hydroxyl groups is 1. The lowest BCUT2D eigenvalue weighted by molar-refractivity contribution is -0.133. The van der Waals surface area contributed by atoms with E-state index in [1.807, 2.05) is 6.07 Å². The van der Waals surface area contributed by atoms with Gasteiger partial charge >= 0.3 is 0 Å². The van der Waals surface area contributed by atoms with E-state index in [1.54, 1.807) is 12.1 Å². The van der Waals surface area contributed by atoms with Crippen LogP contribution in [0.25, 0.3) is 0 Å². The van der Waals surface area contributed by atoms with Gasteiger partial charge < -0.3 is 10.4 Å². The number of benzene rings is 1. The molecule has 1 heterocycles. The second-order valence-corrected chi connectivity index (χ2v) is 4.32. The summed E-state index contributed by atoms with van der Waals surface area (Å²) in [6, 6.07) is 5.37. The second-order valence-electron chi connectivity index (χ2n) is 3.47. The van der Waals surface area contributed by atoms with Gasteiger partial charge in [0.1, 0.15) is 0 Å². The lowest BCUT2D eigenvalue weighted by atomic mass is 9.92. The van der Waals surface area contributed by atoms with Gasteiger partial charge in [-0.05, 0) is 12.1 Å². The van der Waals surface area contributed by atoms with Crippen molar-refractivity contribution >= 4 is 27.5 Å². The molecule has 0 saturated heterocycles. The maximum atomic E-state index is 11.7. The molecule has 0 aliphatic carbocycles. The average molecular weight is 268 g/mol. The maximum Gasteiger partial charge on any atom is 0.261 e. The molecule has 1 aliphatic heterocycles. The molecule has 15 heavy (non-hydrogen) atoms. The molecule has 0 spiro atoms. The van der Waals surface area contributed by atoms with Crippen molar-refractivity contribution in [3.05, 3.63) is 40.9 Å². The van der Waals surface area contributed by atoms with Crippen LogP contribution >= 0.6 is 15.9 Å². The van der Waals surface area contributed by atoms with Gasteiger partial charge in [0.2, 0.25) is 0 Å². The number of hydrogen-bond donors (Lipinski definition) is 2. The van der Waals surface area contributed by atoms with Crippen LogP contribution in [-0.2, 0) is 10.4 Å². The summed E-state index contributed by atoms with van der Waals surface area (Å²) in [6.45, 7) is 3.55. The van der Waals surface area contributed by atoms with Crippen molar-refractivity contribution in [3.63, 3.8) is 0 Å².